The molecule has 2 rings (SSSR count). The monoisotopic (exact) mass is 235 g/mol. The van der Waals surface area contributed by atoms with Gasteiger partial charge in [0.15, 0.2) is 0 Å². The largest absolute Gasteiger partial charge is 0.367 e. The van der Waals surface area contributed by atoms with E-state index in [1.165, 1.54) is 0 Å². The number of hydrogen-bond acceptors (Lipinski definition) is 3. The van der Waals surface area contributed by atoms with Crippen LogP contribution in [0.4, 0.5) is 0 Å². The second-order valence-corrected chi connectivity index (χ2v) is 3.79. The van der Waals surface area contributed by atoms with Crippen LogP contribution in [-0.4, -0.2) is 17.6 Å². The van der Waals surface area contributed by atoms with E-state index < -0.39 is 5.97 Å². The van der Waals surface area contributed by atoms with E-state index in [4.69, 9.17) is 11.6 Å². The summed E-state index contributed by atoms with van der Waals surface area (Å²) in [6.07, 6.45) is 1.74. The Morgan fingerprint density at radius 1 is 1.50 bits per heavy atom. The average Bonchev–Trinajstić information content (AvgIpc) is 2.60. The zero-order valence-electron chi connectivity index (χ0n) is 8.74. The molecule has 1 aromatic carbocycles. The highest BCUT2D eigenvalue weighted by atomic mass is 35.5. The van der Waals surface area contributed by atoms with Gasteiger partial charge >= 0.3 is 5.97 Å². The first-order valence-electron chi connectivity index (χ1n) is 4.83. The van der Waals surface area contributed by atoms with E-state index in [0.717, 1.165) is 11.1 Å². The Hall–Kier alpha value is -1.61. The van der Waals surface area contributed by atoms with Gasteiger partial charge in [0, 0.05) is 0 Å². The topological polar surface area (TPSA) is 38.7 Å². The molecular formula is C12H10ClNO2. The Morgan fingerprint density at radius 3 is 3.00 bits per heavy atom. The molecular weight excluding hydrogens is 226 g/mol. The van der Waals surface area contributed by atoms with E-state index in [1.807, 2.05) is 31.2 Å². The van der Waals surface area contributed by atoms with Crippen molar-refractivity contribution in [1.29, 1.82) is 0 Å². The van der Waals surface area contributed by atoms with Gasteiger partial charge in [-0.25, -0.2) is 4.79 Å². The number of halogens is 1. The van der Waals surface area contributed by atoms with Crippen LogP contribution in [0.15, 0.2) is 35.0 Å². The predicted molar refractivity (Wildman–Crippen MR) is 63.4 cm³/mol. The fourth-order valence-electron chi connectivity index (χ4n) is 1.48. The molecule has 0 N–H and O–H groups in total. The summed E-state index contributed by atoms with van der Waals surface area (Å²) in [5, 5.41) is 3.60. The molecule has 4 heteroatoms. The molecule has 1 aliphatic rings. The van der Waals surface area contributed by atoms with Crippen molar-refractivity contribution in [2.75, 3.05) is 5.88 Å². The van der Waals surface area contributed by atoms with Crippen LogP contribution in [0.25, 0.3) is 6.08 Å². The summed E-state index contributed by atoms with van der Waals surface area (Å²) in [6, 6.07) is 7.81. The Morgan fingerprint density at radius 2 is 2.31 bits per heavy atom. The van der Waals surface area contributed by atoms with Crippen LogP contribution in [0, 0.1) is 6.92 Å². The number of oxime groups is 1. The third-order valence-corrected chi connectivity index (χ3v) is 2.50. The first-order valence-corrected chi connectivity index (χ1v) is 5.37. The van der Waals surface area contributed by atoms with Gasteiger partial charge in [-0.2, -0.15) is 0 Å². The first kappa shape index (κ1) is 10.9. The molecule has 0 radical (unpaired) electrons. The summed E-state index contributed by atoms with van der Waals surface area (Å²) in [7, 11) is 0. The summed E-state index contributed by atoms with van der Waals surface area (Å²) >= 11 is 5.66. The number of benzene rings is 1. The molecule has 16 heavy (non-hydrogen) atoms. The molecule has 3 nitrogen and oxygen atoms in total. The molecule has 0 fully saturated rings. The second-order valence-electron chi connectivity index (χ2n) is 3.52. The van der Waals surface area contributed by atoms with Gasteiger partial charge in [-0.15, -0.1) is 11.6 Å². The van der Waals surface area contributed by atoms with Crippen molar-refractivity contribution >= 4 is 29.4 Å². The fourth-order valence-corrected chi connectivity index (χ4v) is 1.67. The van der Waals surface area contributed by atoms with Crippen molar-refractivity contribution < 1.29 is 9.63 Å². The van der Waals surface area contributed by atoms with Crippen LogP contribution in [0.5, 0.6) is 0 Å². The third kappa shape index (κ3) is 2.14. The van der Waals surface area contributed by atoms with Crippen molar-refractivity contribution in [3.8, 4) is 0 Å². The Balaban J connectivity index is 2.37. The Kier molecular flexibility index (Phi) is 3.06. The van der Waals surface area contributed by atoms with Gasteiger partial charge in [0.05, 0.1) is 11.5 Å². The lowest BCUT2D eigenvalue weighted by molar-refractivity contribution is -0.136. The van der Waals surface area contributed by atoms with Gasteiger partial charge in [-0.3, -0.25) is 0 Å². The van der Waals surface area contributed by atoms with Crippen LogP contribution < -0.4 is 0 Å². The number of aryl methyl sites for hydroxylation is 1. The molecule has 1 aliphatic heterocycles. The quantitative estimate of drug-likeness (QED) is 0.449. The second kappa shape index (κ2) is 4.49. The van der Waals surface area contributed by atoms with Gasteiger partial charge in [0.1, 0.15) is 5.71 Å². The average molecular weight is 236 g/mol. The molecule has 0 aliphatic carbocycles. The minimum Gasteiger partial charge on any atom is -0.312 e. The van der Waals surface area contributed by atoms with E-state index in [0.29, 0.717) is 11.3 Å². The Bertz CT molecular complexity index is 492. The zero-order valence-corrected chi connectivity index (χ0v) is 9.49. The van der Waals surface area contributed by atoms with Crippen LogP contribution in [0.3, 0.4) is 0 Å². The number of carbonyl (C=O) groups excluding carboxylic acids is 1. The lowest BCUT2D eigenvalue weighted by Gasteiger charge is -1.98. The standard InChI is InChI=1S/C12H10ClNO2/c1-8-3-2-4-9(5-8)6-10-11(7-13)14-16-12(10)15/h2-6H,7H2,1H3/b10-6-. The number of alkyl halides is 1. The summed E-state index contributed by atoms with van der Waals surface area (Å²) in [4.78, 5) is 15.9. The molecule has 0 aromatic heterocycles. The van der Waals surface area contributed by atoms with Crippen LogP contribution >= 0.6 is 11.6 Å². The van der Waals surface area contributed by atoms with Gasteiger partial charge < -0.3 is 4.84 Å². The number of hydrogen-bond donors (Lipinski definition) is 0. The molecule has 0 spiro atoms. The predicted octanol–water partition coefficient (Wildman–Crippen LogP) is 2.53. The number of nitrogens with zero attached hydrogens (tertiary/aromatic N) is 1. The van der Waals surface area contributed by atoms with Gasteiger partial charge in [-0.05, 0) is 18.6 Å². The lowest BCUT2D eigenvalue weighted by atomic mass is 10.1. The Labute approximate surface area is 98.4 Å². The van der Waals surface area contributed by atoms with Gasteiger partial charge in [-0.1, -0.05) is 35.0 Å². The third-order valence-electron chi connectivity index (χ3n) is 2.25. The minimum atomic E-state index is -0.447. The van der Waals surface area contributed by atoms with E-state index in [9.17, 15) is 4.79 Å². The van der Waals surface area contributed by atoms with Gasteiger partial charge in [0.25, 0.3) is 0 Å². The molecule has 0 unspecified atom stereocenters. The van der Waals surface area contributed by atoms with Crippen molar-refractivity contribution in [2.45, 2.75) is 6.92 Å². The highest BCUT2D eigenvalue weighted by molar-refractivity contribution is 6.38. The maximum absolute atomic E-state index is 11.4. The van der Waals surface area contributed by atoms with E-state index >= 15 is 0 Å². The van der Waals surface area contributed by atoms with E-state index in [1.54, 1.807) is 6.08 Å². The lowest BCUT2D eigenvalue weighted by Crippen LogP contribution is -2.06. The molecule has 0 saturated heterocycles. The summed E-state index contributed by atoms with van der Waals surface area (Å²) in [6.45, 7) is 1.99. The van der Waals surface area contributed by atoms with Crippen molar-refractivity contribution in [2.24, 2.45) is 5.16 Å². The molecule has 0 atom stereocenters. The smallest absolute Gasteiger partial charge is 0.312 e. The molecule has 0 bridgehead atoms. The SMILES string of the molecule is Cc1cccc(/C=C2\C(=O)ON=C2CCl)c1. The van der Waals surface area contributed by atoms with Crippen molar-refractivity contribution in [3.63, 3.8) is 0 Å². The summed E-state index contributed by atoms with van der Waals surface area (Å²) in [5.41, 5.74) is 2.98. The molecule has 82 valence electrons. The molecule has 1 aromatic rings. The van der Waals surface area contributed by atoms with Crippen molar-refractivity contribution in [3.05, 3.63) is 41.0 Å². The van der Waals surface area contributed by atoms with Crippen LogP contribution in [-0.2, 0) is 9.63 Å². The molecule has 1 heterocycles. The normalized spacial score (nSPS) is 17.5. The maximum Gasteiger partial charge on any atom is 0.367 e. The number of rotatable bonds is 2. The van der Waals surface area contributed by atoms with Crippen LogP contribution in [0.2, 0.25) is 0 Å². The molecule has 0 amide bonds. The highest BCUT2D eigenvalue weighted by Gasteiger charge is 2.24. The fraction of sp³-hybridized carbons (Fsp3) is 0.167. The van der Waals surface area contributed by atoms with Gasteiger partial charge in [0.2, 0.25) is 0 Å². The minimum absolute atomic E-state index is 0.170. The zero-order chi connectivity index (χ0) is 11.5. The van der Waals surface area contributed by atoms with Crippen molar-refractivity contribution in [1.82, 2.24) is 0 Å². The molecule has 0 saturated carbocycles. The van der Waals surface area contributed by atoms with E-state index in [2.05, 4.69) is 9.99 Å². The summed E-state index contributed by atoms with van der Waals surface area (Å²) in [5.74, 6) is -0.277. The summed E-state index contributed by atoms with van der Waals surface area (Å²) < 4.78 is 0. The first-order chi connectivity index (χ1) is 7.70. The van der Waals surface area contributed by atoms with E-state index in [-0.39, 0.29) is 5.88 Å². The maximum atomic E-state index is 11.4. The number of carbonyl (C=O) groups is 1. The highest BCUT2D eigenvalue weighted by Crippen LogP contribution is 2.17. The van der Waals surface area contributed by atoms with Crippen LogP contribution in [0.1, 0.15) is 11.1 Å².